The number of nitriles is 1. The lowest BCUT2D eigenvalue weighted by Crippen LogP contribution is -2.39. The van der Waals surface area contributed by atoms with Gasteiger partial charge in [-0.1, -0.05) is 22.0 Å². The summed E-state index contributed by atoms with van der Waals surface area (Å²) in [6.07, 6.45) is 1.72. The molecule has 1 fully saturated rings. The van der Waals surface area contributed by atoms with E-state index in [9.17, 15) is 4.79 Å². The van der Waals surface area contributed by atoms with Crippen molar-refractivity contribution in [1.29, 1.82) is 5.26 Å². The molecule has 1 aliphatic heterocycles. The molecule has 100 valence electrons. The lowest BCUT2D eigenvalue weighted by atomic mass is 9.99. The van der Waals surface area contributed by atoms with Crippen LogP contribution in [0, 0.1) is 17.2 Å². The average molecular weight is 322 g/mol. The van der Waals surface area contributed by atoms with E-state index in [0.717, 1.165) is 36.1 Å². The summed E-state index contributed by atoms with van der Waals surface area (Å²) in [6, 6.07) is 9.84. The summed E-state index contributed by atoms with van der Waals surface area (Å²) < 4.78 is 0.945. The second kappa shape index (κ2) is 6.69. The number of nitrogens with one attached hydrogen (secondary N) is 1. The van der Waals surface area contributed by atoms with E-state index in [1.54, 1.807) is 0 Å². The molecule has 0 saturated carbocycles. The number of hydrogen-bond donors (Lipinski definition) is 1. The van der Waals surface area contributed by atoms with Crippen LogP contribution in [0.25, 0.3) is 0 Å². The Kier molecular flexibility index (Phi) is 4.94. The molecule has 1 amide bonds. The van der Waals surface area contributed by atoms with Crippen molar-refractivity contribution in [2.45, 2.75) is 12.8 Å². The van der Waals surface area contributed by atoms with Crippen molar-refractivity contribution in [2.75, 3.05) is 25.0 Å². The Balaban J connectivity index is 1.81. The molecule has 1 heterocycles. The van der Waals surface area contributed by atoms with E-state index < -0.39 is 0 Å². The van der Waals surface area contributed by atoms with Crippen molar-refractivity contribution in [3.8, 4) is 6.07 Å². The molecule has 0 aliphatic carbocycles. The number of anilines is 1. The van der Waals surface area contributed by atoms with Crippen molar-refractivity contribution >= 4 is 27.5 Å². The van der Waals surface area contributed by atoms with Crippen LogP contribution in [-0.2, 0) is 4.79 Å². The number of carbonyl (C=O) groups is 1. The summed E-state index contributed by atoms with van der Waals surface area (Å²) >= 11 is 3.37. The van der Waals surface area contributed by atoms with Crippen molar-refractivity contribution in [2.24, 2.45) is 5.92 Å². The number of carbonyl (C=O) groups excluding carboxylic acids is 1. The normalized spacial score (nSPS) is 16.8. The van der Waals surface area contributed by atoms with Gasteiger partial charge in [-0.3, -0.25) is 9.69 Å². The first-order chi connectivity index (χ1) is 9.17. The van der Waals surface area contributed by atoms with Crippen LogP contribution >= 0.6 is 15.9 Å². The van der Waals surface area contributed by atoms with Crippen molar-refractivity contribution in [1.82, 2.24) is 4.90 Å². The number of hydrogen-bond acceptors (Lipinski definition) is 3. The Morgan fingerprint density at radius 1 is 1.47 bits per heavy atom. The van der Waals surface area contributed by atoms with Gasteiger partial charge >= 0.3 is 0 Å². The highest BCUT2D eigenvalue weighted by atomic mass is 79.9. The number of amides is 1. The van der Waals surface area contributed by atoms with Gasteiger partial charge in [0, 0.05) is 16.1 Å². The zero-order valence-electron chi connectivity index (χ0n) is 10.6. The predicted octanol–water partition coefficient (Wildman–Crippen LogP) is 2.62. The van der Waals surface area contributed by atoms with Crippen molar-refractivity contribution in [3.63, 3.8) is 0 Å². The lowest BCUT2D eigenvalue weighted by molar-refractivity contribution is -0.117. The fourth-order valence-electron chi connectivity index (χ4n) is 2.19. The average Bonchev–Trinajstić information content (AvgIpc) is 2.39. The maximum absolute atomic E-state index is 11.9. The molecule has 0 aromatic heterocycles. The maximum Gasteiger partial charge on any atom is 0.238 e. The summed E-state index contributed by atoms with van der Waals surface area (Å²) in [5.74, 6) is 0.151. The molecule has 0 spiro atoms. The standard InChI is InChI=1S/C14H16BrN3O/c15-12-2-1-3-13(8-12)17-14(19)10-18-6-4-11(9-16)5-7-18/h1-3,8,11H,4-7,10H2,(H,17,19). The lowest BCUT2D eigenvalue weighted by Gasteiger charge is -2.28. The van der Waals surface area contributed by atoms with Gasteiger partial charge in [-0.2, -0.15) is 5.26 Å². The Morgan fingerprint density at radius 3 is 2.84 bits per heavy atom. The fourth-order valence-corrected chi connectivity index (χ4v) is 2.59. The zero-order chi connectivity index (χ0) is 13.7. The summed E-state index contributed by atoms with van der Waals surface area (Å²) in [4.78, 5) is 14.0. The Morgan fingerprint density at radius 2 is 2.21 bits per heavy atom. The van der Waals surface area contributed by atoms with E-state index in [1.807, 2.05) is 24.3 Å². The summed E-state index contributed by atoms with van der Waals surface area (Å²) in [6.45, 7) is 2.04. The second-order valence-electron chi connectivity index (χ2n) is 4.74. The van der Waals surface area contributed by atoms with E-state index >= 15 is 0 Å². The van der Waals surface area contributed by atoms with Crippen LogP contribution in [0.2, 0.25) is 0 Å². The number of nitrogens with zero attached hydrogens (tertiary/aromatic N) is 2. The molecule has 5 heteroatoms. The maximum atomic E-state index is 11.9. The van der Waals surface area contributed by atoms with Gasteiger partial charge in [0.25, 0.3) is 0 Å². The van der Waals surface area contributed by atoms with Crippen LogP contribution in [0.4, 0.5) is 5.69 Å². The SMILES string of the molecule is N#CC1CCN(CC(=O)Nc2cccc(Br)c2)CC1. The highest BCUT2D eigenvalue weighted by Crippen LogP contribution is 2.17. The molecular weight excluding hydrogens is 306 g/mol. The van der Waals surface area contributed by atoms with Gasteiger partial charge < -0.3 is 5.32 Å². The number of piperidine rings is 1. The molecule has 1 aliphatic rings. The Hall–Kier alpha value is -1.38. The first kappa shape index (κ1) is 14.0. The minimum atomic E-state index is -0.00601. The smallest absolute Gasteiger partial charge is 0.238 e. The second-order valence-corrected chi connectivity index (χ2v) is 5.65. The Labute approximate surface area is 121 Å². The molecule has 1 aromatic carbocycles. The summed E-state index contributed by atoms with van der Waals surface area (Å²) in [5, 5.41) is 11.7. The molecule has 1 N–H and O–H groups in total. The van der Waals surface area contributed by atoms with Crippen LogP contribution in [0.15, 0.2) is 28.7 Å². The first-order valence-electron chi connectivity index (χ1n) is 6.35. The van der Waals surface area contributed by atoms with E-state index in [4.69, 9.17) is 5.26 Å². The van der Waals surface area contributed by atoms with E-state index in [-0.39, 0.29) is 11.8 Å². The van der Waals surface area contributed by atoms with Crippen LogP contribution in [0.3, 0.4) is 0 Å². The van der Waals surface area contributed by atoms with Crippen molar-refractivity contribution < 1.29 is 4.79 Å². The monoisotopic (exact) mass is 321 g/mol. The van der Waals surface area contributed by atoms with Gasteiger partial charge in [0.2, 0.25) is 5.91 Å². The molecule has 0 radical (unpaired) electrons. The summed E-state index contributed by atoms with van der Waals surface area (Å²) in [7, 11) is 0. The third-order valence-electron chi connectivity index (χ3n) is 3.25. The van der Waals surface area contributed by atoms with Gasteiger partial charge in [-0.05, 0) is 44.1 Å². The molecular formula is C14H16BrN3O. The third kappa shape index (κ3) is 4.34. The third-order valence-corrected chi connectivity index (χ3v) is 3.74. The first-order valence-corrected chi connectivity index (χ1v) is 7.14. The van der Waals surface area contributed by atoms with Crippen LogP contribution < -0.4 is 5.32 Å². The van der Waals surface area contributed by atoms with Crippen LogP contribution in [0.1, 0.15) is 12.8 Å². The molecule has 19 heavy (non-hydrogen) atoms. The summed E-state index contributed by atoms with van der Waals surface area (Å²) in [5.41, 5.74) is 0.797. The highest BCUT2D eigenvalue weighted by Gasteiger charge is 2.20. The van der Waals surface area contributed by atoms with Gasteiger partial charge in [0.1, 0.15) is 0 Å². The number of halogens is 1. The van der Waals surface area contributed by atoms with Crippen molar-refractivity contribution in [3.05, 3.63) is 28.7 Å². The highest BCUT2D eigenvalue weighted by molar-refractivity contribution is 9.10. The van der Waals surface area contributed by atoms with E-state index in [2.05, 4.69) is 32.2 Å². The number of likely N-dealkylation sites (tertiary alicyclic amines) is 1. The zero-order valence-corrected chi connectivity index (χ0v) is 12.2. The topological polar surface area (TPSA) is 56.1 Å². The fraction of sp³-hybridized carbons (Fsp3) is 0.429. The van der Waals surface area contributed by atoms with Crippen LogP contribution in [-0.4, -0.2) is 30.4 Å². The quantitative estimate of drug-likeness (QED) is 0.931. The molecule has 1 saturated heterocycles. The molecule has 0 bridgehead atoms. The largest absolute Gasteiger partial charge is 0.325 e. The predicted molar refractivity (Wildman–Crippen MR) is 77.5 cm³/mol. The molecule has 2 rings (SSSR count). The Bertz CT molecular complexity index is 490. The van der Waals surface area contributed by atoms with Gasteiger partial charge in [0.15, 0.2) is 0 Å². The van der Waals surface area contributed by atoms with Gasteiger partial charge in [0.05, 0.1) is 12.6 Å². The minimum Gasteiger partial charge on any atom is -0.325 e. The molecule has 4 nitrogen and oxygen atoms in total. The molecule has 0 unspecified atom stereocenters. The molecule has 1 aromatic rings. The van der Waals surface area contributed by atoms with Crippen LogP contribution in [0.5, 0.6) is 0 Å². The minimum absolute atomic E-state index is 0.00601. The number of rotatable bonds is 3. The van der Waals surface area contributed by atoms with E-state index in [1.165, 1.54) is 0 Å². The van der Waals surface area contributed by atoms with Gasteiger partial charge in [-0.15, -0.1) is 0 Å². The number of benzene rings is 1. The molecule has 0 atom stereocenters. The van der Waals surface area contributed by atoms with Gasteiger partial charge in [-0.25, -0.2) is 0 Å². The van der Waals surface area contributed by atoms with E-state index in [0.29, 0.717) is 6.54 Å².